The van der Waals surface area contributed by atoms with E-state index < -0.39 is 23.5 Å². The molecular weight excluding hydrogens is 474 g/mol. The first-order valence-corrected chi connectivity index (χ1v) is 12.3. The predicted molar refractivity (Wildman–Crippen MR) is 134 cm³/mol. The van der Waals surface area contributed by atoms with E-state index in [1.807, 2.05) is 37.1 Å². The van der Waals surface area contributed by atoms with E-state index in [2.05, 4.69) is 4.98 Å². The fourth-order valence-corrected chi connectivity index (χ4v) is 4.47. The van der Waals surface area contributed by atoms with Crippen molar-refractivity contribution in [2.75, 3.05) is 26.9 Å². The number of carbonyl (C=O) groups excluding carboxylic acids is 2. The lowest BCUT2D eigenvalue weighted by Crippen LogP contribution is -2.36. The van der Waals surface area contributed by atoms with Crippen molar-refractivity contribution >= 4 is 17.4 Å². The summed E-state index contributed by atoms with van der Waals surface area (Å²) in [4.78, 5) is 31.0. The van der Waals surface area contributed by atoms with Gasteiger partial charge in [0.15, 0.2) is 11.5 Å². The molecule has 1 aliphatic rings. The molecular formula is C28H31N3O6. The number of aromatic amines is 1. The number of nitrogens with zero attached hydrogens (tertiary/aromatic N) is 2. The Kier molecular flexibility index (Phi) is 8.12. The van der Waals surface area contributed by atoms with Crippen LogP contribution in [0.1, 0.15) is 37.4 Å². The van der Waals surface area contributed by atoms with Gasteiger partial charge in [0.05, 0.1) is 32.9 Å². The number of methoxy groups -OCH3 is 1. The van der Waals surface area contributed by atoms with Crippen molar-refractivity contribution in [1.82, 2.24) is 9.88 Å². The van der Waals surface area contributed by atoms with E-state index in [1.165, 1.54) is 12.0 Å². The summed E-state index contributed by atoms with van der Waals surface area (Å²) in [5.41, 5.74) is 0.844. The Balaban J connectivity index is 1.77. The monoisotopic (exact) mass is 505 g/mol. The molecule has 1 aliphatic heterocycles. The number of carbonyl (C=O) groups is 2. The van der Waals surface area contributed by atoms with Gasteiger partial charge in [0.25, 0.3) is 5.91 Å². The third-order valence-electron chi connectivity index (χ3n) is 6.18. The number of benzene rings is 2. The number of ketones is 1. The largest absolute Gasteiger partial charge is 0.872 e. The fraction of sp³-hybridized carbons (Fsp3) is 0.321. The maximum atomic E-state index is 13.6. The Bertz CT molecular complexity index is 1270. The highest BCUT2D eigenvalue weighted by molar-refractivity contribution is 6.46. The Labute approximate surface area is 215 Å². The SMILES string of the molecule is CCOc1ccc(C2C(=C([O-])c3ccc(OC)cc3)C(=O)C(=O)N2CCC[n+]2cc[nH]c2)cc1OCC. The Morgan fingerprint density at radius 1 is 1.05 bits per heavy atom. The molecule has 4 rings (SSSR count). The number of Topliss-reactive ketones (excluding diaryl/α,β-unsaturated/α-hetero) is 1. The smallest absolute Gasteiger partial charge is 0.295 e. The number of nitrogens with one attached hydrogen (secondary N) is 1. The minimum Gasteiger partial charge on any atom is -0.872 e. The zero-order valence-electron chi connectivity index (χ0n) is 21.2. The number of rotatable bonds is 11. The zero-order chi connectivity index (χ0) is 26.4. The molecule has 3 aromatic rings. The molecule has 1 fully saturated rings. The quantitative estimate of drug-likeness (QED) is 0.186. The van der Waals surface area contributed by atoms with Crippen molar-refractivity contribution in [3.63, 3.8) is 0 Å². The third-order valence-corrected chi connectivity index (χ3v) is 6.18. The molecule has 1 atom stereocenters. The van der Waals surface area contributed by atoms with Gasteiger partial charge in [0.2, 0.25) is 12.1 Å². The van der Waals surface area contributed by atoms with Gasteiger partial charge in [-0.25, -0.2) is 4.57 Å². The van der Waals surface area contributed by atoms with Crippen LogP contribution >= 0.6 is 0 Å². The van der Waals surface area contributed by atoms with Crippen molar-refractivity contribution in [1.29, 1.82) is 0 Å². The van der Waals surface area contributed by atoms with E-state index in [-0.39, 0.29) is 5.57 Å². The second-order valence-corrected chi connectivity index (χ2v) is 8.48. The summed E-state index contributed by atoms with van der Waals surface area (Å²) in [6, 6.07) is 10.9. The first-order valence-electron chi connectivity index (χ1n) is 12.3. The number of H-pyrrole nitrogens is 1. The molecule has 1 amide bonds. The average molecular weight is 506 g/mol. The molecule has 0 spiro atoms. The van der Waals surface area contributed by atoms with Crippen molar-refractivity contribution in [3.05, 3.63) is 77.9 Å². The van der Waals surface area contributed by atoms with Crippen LogP contribution in [0.15, 0.2) is 66.8 Å². The second-order valence-electron chi connectivity index (χ2n) is 8.48. The topological polar surface area (TPSA) is 108 Å². The molecule has 9 nitrogen and oxygen atoms in total. The van der Waals surface area contributed by atoms with Crippen LogP contribution in [0.25, 0.3) is 5.76 Å². The minimum atomic E-state index is -0.847. The maximum absolute atomic E-state index is 13.6. The van der Waals surface area contributed by atoms with Gasteiger partial charge in [-0.1, -0.05) is 24.0 Å². The van der Waals surface area contributed by atoms with Crippen molar-refractivity contribution in [2.45, 2.75) is 32.9 Å². The Morgan fingerprint density at radius 2 is 1.78 bits per heavy atom. The van der Waals surface area contributed by atoms with E-state index >= 15 is 0 Å². The standard InChI is InChI=1S/C28H31N3O6/c1-4-36-22-12-9-20(17-23(22)37-5-2)25-24(26(32)19-7-10-21(35-3)11-8-19)27(33)28(34)31(25)15-6-14-30-16-13-29-18-30/h7-13,16-18,25H,4-6,14-15H2,1-3H3,(H,32,33). The van der Waals surface area contributed by atoms with Crippen LogP contribution in [-0.2, 0) is 16.1 Å². The van der Waals surface area contributed by atoms with Gasteiger partial charge in [-0.15, -0.1) is 0 Å². The van der Waals surface area contributed by atoms with Crippen LogP contribution in [0, 0.1) is 0 Å². The number of amides is 1. The maximum Gasteiger partial charge on any atom is 0.295 e. The molecule has 1 aromatic heterocycles. The summed E-state index contributed by atoms with van der Waals surface area (Å²) in [5, 5.41) is 13.6. The van der Waals surface area contributed by atoms with Gasteiger partial charge in [-0.05, 0) is 49.2 Å². The second kappa shape index (κ2) is 11.6. The normalized spacial score (nSPS) is 16.7. The first-order chi connectivity index (χ1) is 18.0. The lowest BCUT2D eigenvalue weighted by molar-refractivity contribution is -0.695. The van der Waals surface area contributed by atoms with Gasteiger partial charge in [-0.3, -0.25) is 14.6 Å². The van der Waals surface area contributed by atoms with Gasteiger partial charge in [-0.2, -0.15) is 0 Å². The Hall–Kier alpha value is -4.27. The number of aromatic nitrogens is 2. The molecule has 1 N–H and O–H groups in total. The number of imidazole rings is 1. The summed E-state index contributed by atoms with van der Waals surface area (Å²) in [7, 11) is 1.53. The van der Waals surface area contributed by atoms with E-state index in [9.17, 15) is 14.7 Å². The van der Waals surface area contributed by atoms with Crippen LogP contribution in [0.2, 0.25) is 0 Å². The van der Waals surface area contributed by atoms with Gasteiger partial charge < -0.3 is 24.2 Å². The van der Waals surface area contributed by atoms with Crippen molar-refractivity contribution in [2.24, 2.45) is 0 Å². The lowest BCUT2D eigenvalue weighted by Gasteiger charge is -2.28. The fourth-order valence-electron chi connectivity index (χ4n) is 4.47. The van der Waals surface area contributed by atoms with E-state index in [0.717, 1.165) is 0 Å². The van der Waals surface area contributed by atoms with Gasteiger partial charge >= 0.3 is 0 Å². The first kappa shape index (κ1) is 25.8. The molecule has 0 radical (unpaired) electrons. The highest BCUT2D eigenvalue weighted by Crippen LogP contribution is 2.41. The molecule has 37 heavy (non-hydrogen) atoms. The average Bonchev–Trinajstić information content (AvgIpc) is 3.52. The summed E-state index contributed by atoms with van der Waals surface area (Å²) in [6.07, 6.45) is 6.11. The van der Waals surface area contributed by atoms with Crippen LogP contribution in [0.5, 0.6) is 17.2 Å². The van der Waals surface area contributed by atoms with Crippen LogP contribution in [-0.4, -0.2) is 48.4 Å². The van der Waals surface area contributed by atoms with Gasteiger partial charge in [0.1, 0.15) is 18.1 Å². The summed E-state index contributed by atoms with van der Waals surface area (Å²) < 4.78 is 18.6. The predicted octanol–water partition coefficient (Wildman–Crippen LogP) is 2.42. The molecule has 2 heterocycles. The molecule has 2 aromatic carbocycles. The van der Waals surface area contributed by atoms with Gasteiger partial charge in [0, 0.05) is 18.5 Å². The van der Waals surface area contributed by atoms with Crippen molar-refractivity contribution in [3.8, 4) is 17.2 Å². The molecule has 194 valence electrons. The zero-order valence-corrected chi connectivity index (χ0v) is 21.2. The van der Waals surface area contributed by atoms with E-state index in [1.54, 1.807) is 42.5 Å². The van der Waals surface area contributed by atoms with E-state index in [0.29, 0.717) is 61.1 Å². The van der Waals surface area contributed by atoms with Crippen LogP contribution in [0.3, 0.4) is 0 Å². The number of hydrogen-bond acceptors (Lipinski definition) is 6. The molecule has 0 aliphatic carbocycles. The number of aryl methyl sites for hydroxylation is 1. The highest BCUT2D eigenvalue weighted by atomic mass is 16.5. The summed E-state index contributed by atoms with van der Waals surface area (Å²) >= 11 is 0. The number of likely N-dealkylation sites (tertiary alicyclic amines) is 1. The summed E-state index contributed by atoms with van der Waals surface area (Å²) in [5.74, 6) is -0.321. The minimum absolute atomic E-state index is 0.0731. The number of ether oxygens (including phenoxy) is 3. The molecule has 0 bridgehead atoms. The molecule has 1 saturated heterocycles. The third kappa shape index (κ3) is 5.45. The van der Waals surface area contributed by atoms with E-state index in [4.69, 9.17) is 14.2 Å². The highest BCUT2D eigenvalue weighted by Gasteiger charge is 2.44. The summed E-state index contributed by atoms with van der Waals surface area (Å²) in [6.45, 7) is 5.54. The van der Waals surface area contributed by atoms with Crippen molar-refractivity contribution < 1.29 is 33.5 Å². The molecule has 1 unspecified atom stereocenters. The van der Waals surface area contributed by atoms with Crippen LogP contribution in [0.4, 0.5) is 0 Å². The Morgan fingerprint density at radius 3 is 2.43 bits per heavy atom. The number of hydrogen-bond donors (Lipinski definition) is 1. The lowest BCUT2D eigenvalue weighted by atomic mass is 9.95. The molecule has 0 saturated carbocycles. The molecule has 9 heteroatoms. The van der Waals surface area contributed by atoms with Crippen LogP contribution < -0.4 is 23.9 Å².